The van der Waals surface area contributed by atoms with Gasteiger partial charge in [0.1, 0.15) is 5.75 Å². The second-order valence-corrected chi connectivity index (χ2v) is 7.22. The zero-order valence-corrected chi connectivity index (χ0v) is 14.3. The van der Waals surface area contributed by atoms with Gasteiger partial charge in [0.2, 0.25) is 15.9 Å². The van der Waals surface area contributed by atoms with E-state index in [4.69, 9.17) is 4.74 Å². The van der Waals surface area contributed by atoms with E-state index >= 15 is 0 Å². The Morgan fingerprint density at radius 3 is 2.55 bits per heavy atom. The lowest BCUT2D eigenvalue weighted by Crippen LogP contribution is -2.37. The first-order chi connectivity index (χ1) is 10.3. The quantitative estimate of drug-likeness (QED) is 0.756. The zero-order valence-electron chi connectivity index (χ0n) is 13.5. The molecule has 0 aliphatic heterocycles. The van der Waals surface area contributed by atoms with Crippen molar-refractivity contribution in [3.63, 3.8) is 0 Å². The SMILES string of the molecule is COc1ccc(S(=O)(=O)NCC(=O)NCCC(C)C)c(C)c1. The first-order valence-corrected chi connectivity index (χ1v) is 8.65. The zero-order chi connectivity index (χ0) is 16.8. The van der Waals surface area contributed by atoms with E-state index in [9.17, 15) is 13.2 Å². The molecule has 0 spiro atoms. The first kappa shape index (κ1) is 18.4. The summed E-state index contributed by atoms with van der Waals surface area (Å²) in [6.45, 7) is 6.06. The van der Waals surface area contributed by atoms with Gasteiger partial charge in [-0.2, -0.15) is 0 Å². The van der Waals surface area contributed by atoms with Crippen molar-refractivity contribution in [1.29, 1.82) is 0 Å². The summed E-state index contributed by atoms with van der Waals surface area (Å²) in [5.74, 6) is 0.734. The molecule has 0 unspecified atom stereocenters. The number of nitrogens with one attached hydrogen (secondary N) is 2. The molecule has 0 saturated carbocycles. The Labute approximate surface area is 132 Å². The summed E-state index contributed by atoms with van der Waals surface area (Å²) in [7, 11) is -2.20. The fraction of sp³-hybridized carbons (Fsp3) is 0.533. The van der Waals surface area contributed by atoms with E-state index in [2.05, 4.69) is 23.9 Å². The Hall–Kier alpha value is -1.60. The Morgan fingerprint density at radius 1 is 1.32 bits per heavy atom. The molecule has 1 rings (SSSR count). The van der Waals surface area contributed by atoms with Crippen LogP contribution in [0, 0.1) is 12.8 Å². The van der Waals surface area contributed by atoms with Crippen LogP contribution in [0.4, 0.5) is 0 Å². The Balaban J connectivity index is 2.62. The molecule has 0 fully saturated rings. The molecular formula is C15H24N2O4S. The highest BCUT2D eigenvalue weighted by atomic mass is 32.2. The lowest BCUT2D eigenvalue weighted by Gasteiger charge is -2.11. The normalized spacial score (nSPS) is 11.5. The van der Waals surface area contributed by atoms with Crippen LogP contribution in [0.2, 0.25) is 0 Å². The molecule has 0 aliphatic rings. The van der Waals surface area contributed by atoms with Crippen molar-refractivity contribution in [3.8, 4) is 5.75 Å². The smallest absolute Gasteiger partial charge is 0.241 e. The number of benzene rings is 1. The minimum Gasteiger partial charge on any atom is -0.497 e. The molecule has 0 aliphatic carbocycles. The molecular weight excluding hydrogens is 304 g/mol. The molecule has 1 aromatic rings. The van der Waals surface area contributed by atoms with E-state index in [-0.39, 0.29) is 17.3 Å². The van der Waals surface area contributed by atoms with Crippen LogP contribution in [0.1, 0.15) is 25.8 Å². The van der Waals surface area contributed by atoms with E-state index in [1.54, 1.807) is 19.1 Å². The van der Waals surface area contributed by atoms with Crippen LogP contribution in [-0.2, 0) is 14.8 Å². The lowest BCUT2D eigenvalue weighted by atomic mass is 10.1. The van der Waals surface area contributed by atoms with Crippen LogP contribution in [0.15, 0.2) is 23.1 Å². The number of carbonyl (C=O) groups is 1. The molecule has 0 atom stereocenters. The molecule has 6 nitrogen and oxygen atoms in total. The van der Waals surface area contributed by atoms with Gasteiger partial charge < -0.3 is 10.1 Å². The van der Waals surface area contributed by atoms with Crippen molar-refractivity contribution in [2.45, 2.75) is 32.1 Å². The van der Waals surface area contributed by atoms with Gasteiger partial charge in [-0.15, -0.1) is 0 Å². The second-order valence-electron chi connectivity index (χ2n) is 5.49. The van der Waals surface area contributed by atoms with Gasteiger partial charge in [-0.3, -0.25) is 4.79 Å². The maximum Gasteiger partial charge on any atom is 0.241 e. The van der Waals surface area contributed by atoms with Crippen LogP contribution in [-0.4, -0.2) is 34.5 Å². The van der Waals surface area contributed by atoms with E-state index in [0.717, 1.165) is 6.42 Å². The molecule has 1 amide bonds. The lowest BCUT2D eigenvalue weighted by molar-refractivity contribution is -0.119. The number of carbonyl (C=O) groups excluding carboxylic acids is 1. The third-order valence-corrected chi connectivity index (χ3v) is 4.70. The molecule has 1 aromatic carbocycles. The standard InChI is InChI=1S/C15H24N2O4S/c1-11(2)7-8-16-15(18)10-17-22(19,20)14-6-5-13(21-4)9-12(14)3/h5-6,9,11,17H,7-8,10H2,1-4H3,(H,16,18). The average Bonchev–Trinajstić information content (AvgIpc) is 2.44. The Kier molecular flexibility index (Phi) is 6.83. The van der Waals surface area contributed by atoms with Crippen molar-refractivity contribution >= 4 is 15.9 Å². The third kappa shape index (κ3) is 5.65. The summed E-state index contributed by atoms with van der Waals surface area (Å²) < 4.78 is 31.8. The highest BCUT2D eigenvalue weighted by Crippen LogP contribution is 2.20. The van der Waals surface area contributed by atoms with E-state index < -0.39 is 10.0 Å². The fourth-order valence-corrected chi connectivity index (χ4v) is 3.06. The predicted octanol–water partition coefficient (Wildman–Crippen LogP) is 1.44. The number of sulfonamides is 1. The van der Waals surface area contributed by atoms with Gasteiger partial charge in [0.25, 0.3) is 0 Å². The number of amides is 1. The van der Waals surface area contributed by atoms with Gasteiger partial charge in [0, 0.05) is 6.54 Å². The largest absolute Gasteiger partial charge is 0.497 e. The number of methoxy groups -OCH3 is 1. The van der Waals surface area contributed by atoms with Crippen molar-refractivity contribution in [3.05, 3.63) is 23.8 Å². The Morgan fingerprint density at radius 2 is 2.00 bits per heavy atom. The molecule has 0 saturated heterocycles. The van der Waals surface area contributed by atoms with E-state index in [1.807, 2.05) is 0 Å². The van der Waals surface area contributed by atoms with Gasteiger partial charge in [0.15, 0.2) is 0 Å². The number of ether oxygens (including phenoxy) is 1. The van der Waals surface area contributed by atoms with Crippen molar-refractivity contribution in [2.75, 3.05) is 20.2 Å². The summed E-state index contributed by atoms with van der Waals surface area (Å²) in [5, 5.41) is 2.69. The molecule has 124 valence electrons. The van der Waals surface area contributed by atoms with Gasteiger partial charge in [0.05, 0.1) is 18.6 Å². The summed E-state index contributed by atoms with van der Waals surface area (Å²) in [5.41, 5.74) is 0.562. The van der Waals surface area contributed by atoms with Gasteiger partial charge in [-0.05, 0) is 43.0 Å². The molecule has 0 heterocycles. The van der Waals surface area contributed by atoms with Crippen molar-refractivity contribution < 1.29 is 17.9 Å². The van der Waals surface area contributed by atoms with Crippen LogP contribution in [0.5, 0.6) is 5.75 Å². The highest BCUT2D eigenvalue weighted by molar-refractivity contribution is 7.89. The molecule has 0 radical (unpaired) electrons. The van der Waals surface area contributed by atoms with E-state index in [1.165, 1.54) is 13.2 Å². The average molecular weight is 328 g/mol. The predicted molar refractivity (Wildman–Crippen MR) is 85.4 cm³/mol. The third-order valence-electron chi connectivity index (χ3n) is 3.14. The summed E-state index contributed by atoms with van der Waals surface area (Å²) in [4.78, 5) is 11.8. The van der Waals surface area contributed by atoms with Crippen LogP contribution < -0.4 is 14.8 Å². The highest BCUT2D eigenvalue weighted by Gasteiger charge is 2.18. The number of hydrogen-bond donors (Lipinski definition) is 2. The summed E-state index contributed by atoms with van der Waals surface area (Å²) in [6, 6.07) is 4.68. The molecule has 22 heavy (non-hydrogen) atoms. The molecule has 7 heteroatoms. The van der Waals surface area contributed by atoms with Crippen molar-refractivity contribution in [1.82, 2.24) is 10.0 Å². The summed E-state index contributed by atoms with van der Waals surface area (Å²) in [6.07, 6.45) is 0.857. The first-order valence-electron chi connectivity index (χ1n) is 7.17. The minimum atomic E-state index is -3.72. The number of rotatable bonds is 8. The molecule has 0 bridgehead atoms. The minimum absolute atomic E-state index is 0.142. The second kappa shape index (κ2) is 8.14. The Bertz CT molecular complexity index is 612. The fourth-order valence-electron chi connectivity index (χ4n) is 1.85. The summed E-state index contributed by atoms with van der Waals surface area (Å²) >= 11 is 0. The van der Waals surface area contributed by atoms with Crippen LogP contribution in [0.25, 0.3) is 0 Å². The van der Waals surface area contributed by atoms with Gasteiger partial charge in [-0.1, -0.05) is 13.8 Å². The number of aryl methyl sites for hydroxylation is 1. The van der Waals surface area contributed by atoms with Gasteiger partial charge in [-0.25, -0.2) is 13.1 Å². The molecule has 0 aromatic heterocycles. The monoisotopic (exact) mass is 328 g/mol. The van der Waals surface area contributed by atoms with E-state index in [0.29, 0.717) is 23.8 Å². The topological polar surface area (TPSA) is 84.5 Å². The van der Waals surface area contributed by atoms with Gasteiger partial charge >= 0.3 is 0 Å². The van der Waals surface area contributed by atoms with Crippen LogP contribution >= 0.6 is 0 Å². The molecule has 2 N–H and O–H groups in total. The number of hydrogen-bond acceptors (Lipinski definition) is 4. The maximum absolute atomic E-state index is 12.2. The maximum atomic E-state index is 12.2. The van der Waals surface area contributed by atoms with Crippen molar-refractivity contribution in [2.24, 2.45) is 5.92 Å². The van der Waals surface area contributed by atoms with Crippen LogP contribution in [0.3, 0.4) is 0 Å².